The Balaban J connectivity index is 4.00. The van der Waals surface area contributed by atoms with Crippen molar-refractivity contribution in [3.05, 3.63) is 11.8 Å². The number of nitrogens with one attached hydrogen (secondary N) is 2. The third-order valence-corrected chi connectivity index (χ3v) is 1.66. The first-order chi connectivity index (χ1) is 7.26. The number of nitriles is 1. The summed E-state index contributed by atoms with van der Waals surface area (Å²) in [6, 6.07) is 1.77. The van der Waals surface area contributed by atoms with Crippen LogP contribution in [-0.4, -0.2) is 36.6 Å². The lowest BCUT2D eigenvalue weighted by atomic mass is 10.3. The van der Waals surface area contributed by atoms with E-state index in [1.54, 1.807) is 6.07 Å². The summed E-state index contributed by atoms with van der Waals surface area (Å²) >= 11 is 5.38. The molecule has 0 aromatic rings. The Morgan fingerprint density at radius 3 is 2.80 bits per heavy atom. The van der Waals surface area contributed by atoms with Crippen molar-refractivity contribution in [1.82, 2.24) is 10.6 Å². The molecule has 0 saturated carbocycles. The van der Waals surface area contributed by atoms with Gasteiger partial charge in [0.2, 0.25) is 0 Å². The normalized spacial score (nSPS) is 10.6. The van der Waals surface area contributed by atoms with Crippen LogP contribution < -0.4 is 10.6 Å². The van der Waals surface area contributed by atoms with Crippen LogP contribution >= 0.6 is 11.6 Å². The van der Waals surface area contributed by atoms with Crippen molar-refractivity contribution in [2.75, 3.05) is 25.6 Å². The quantitative estimate of drug-likeness (QED) is 0.244. The van der Waals surface area contributed by atoms with E-state index >= 15 is 0 Å². The van der Waals surface area contributed by atoms with Gasteiger partial charge in [0.1, 0.15) is 11.6 Å². The molecule has 0 unspecified atom stereocenters. The Hall–Kier alpha value is -1.25. The van der Waals surface area contributed by atoms with Gasteiger partial charge < -0.3 is 15.7 Å². The molecule has 5 nitrogen and oxygen atoms in total. The monoisotopic (exact) mass is 231 g/mol. The maximum absolute atomic E-state index is 11.2. The van der Waals surface area contributed by atoms with Crippen LogP contribution in [0.5, 0.6) is 0 Å². The van der Waals surface area contributed by atoms with E-state index in [-0.39, 0.29) is 12.2 Å². The fourth-order valence-electron chi connectivity index (χ4n) is 0.760. The molecular formula is C9H14ClN3O2. The number of hydrogen-bond donors (Lipinski definition) is 3. The minimum Gasteiger partial charge on any atom is -0.396 e. The molecule has 0 saturated heterocycles. The predicted molar refractivity (Wildman–Crippen MR) is 57.1 cm³/mol. The first-order valence-electron chi connectivity index (χ1n) is 4.55. The van der Waals surface area contributed by atoms with Crippen molar-refractivity contribution < 1.29 is 9.90 Å². The fraction of sp³-hybridized carbons (Fsp3) is 0.556. The molecule has 0 spiro atoms. The van der Waals surface area contributed by atoms with Crippen molar-refractivity contribution in [3.8, 4) is 6.07 Å². The summed E-state index contributed by atoms with van der Waals surface area (Å²) in [6.45, 7) is 0.918. The highest BCUT2D eigenvalue weighted by molar-refractivity contribution is 6.18. The second-order valence-electron chi connectivity index (χ2n) is 2.65. The van der Waals surface area contributed by atoms with E-state index in [1.807, 2.05) is 0 Å². The molecule has 15 heavy (non-hydrogen) atoms. The summed E-state index contributed by atoms with van der Waals surface area (Å²) in [5, 5.41) is 22.4. The number of amides is 1. The van der Waals surface area contributed by atoms with Crippen LogP contribution in [0, 0.1) is 11.3 Å². The third kappa shape index (κ3) is 6.77. The number of carbonyl (C=O) groups is 1. The zero-order valence-corrected chi connectivity index (χ0v) is 9.05. The second-order valence-corrected chi connectivity index (χ2v) is 3.02. The first-order valence-corrected chi connectivity index (χ1v) is 5.08. The number of hydrogen-bond acceptors (Lipinski definition) is 4. The molecule has 84 valence electrons. The van der Waals surface area contributed by atoms with Crippen LogP contribution in [0.3, 0.4) is 0 Å². The molecule has 0 heterocycles. The SMILES string of the molecule is N#C/C(=C/NCCCO)C(=O)NCCCl. The number of halogens is 1. The van der Waals surface area contributed by atoms with Crippen LogP contribution in [0.15, 0.2) is 11.8 Å². The van der Waals surface area contributed by atoms with Gasteiger partial charge in [-0.3, -0.25) is 4.79 Å². The lowest BCUT2D eigenvalue weighted by Gasteiger charge is -2.02. The molecule has 6 heteroatoms. The minimum absolute atomic E-state index is 0.00180. The number of alkyl halides is 1. The van der Waals surface area contributed by atoms with Gasteiger partial charge in [-0.25, -0.2) is 0 Å². The van der Waals surface area contributed by atoms with E-state index in [9.17, 15) is 4.79 Å². The van der Waals surface area contributed by atoms with Gasteiger partial charge >= 0.3 is 0 Å². The summed E-state index contributed by atoms with van der Waals surface area (Å²) in [5.41, 5.74) is -0.00180. The average molecular weight is 232 g/mol. The van der Waals surface area contributed by atoms with Crippen LogP contribution in [0.4, 0.5) is 0 Å². The molecule has 0 aromatic carbocycles. The first kappa shape index (κ1) is 13.8. The maximum atomic E-state index is 11.2. The fourth-order valence-corrected chi connectivity index (χ4v) is 0.854. The highest BCUT2D eigenvalue weighted by atomic mass is 35.5. The Labute approximate surface area is 93.7 Å². The van der Waals surface area contributed by atoms with Gasteiger partial charge in [-0.15, -0.1) is 11.6 Å². The van der Waals surface area contributed by atoms with Crippen LogP contribution in [0.25, 0.3) is 0 Å². The zero-order valence-electron chi connectivity index (χ0n) is 8.29. The van der Waals surface area contributed by atoms with E-state index in [2.05, 4.69) is 10.6 Å². The van der Waals surface area contributed by atoms with Gasteiger partial charge in [-0.1, -0.05) is 0 Å². The molecule has 3 N–H and O–H groups in total. The molecule has 0 atom stereocenters. The second kappa shape index (κ2) is 9.31. The molecule has 0 aliphatic rings. The minimum atomic E-state index is -0.449. The van der Waals surface area contributed by atoms with Crippen molar-refractivity contribution >= 4 is 17.5 Å². The molecular weight excluding hydrogens is 218 g/mol. The van der Waals surface area contributed by atoms with Crippen LogP contribution in [0.2, 0.25) is 0 Å². The van der Waals surface area contributed by atoms with E-state index in [4.69, 9.17) is 22.0 Å². The Bertz CT molecular complexity index is 261. The van der Waals surface area contributed by atoms with Gasteiger partial charge in [0.15, 0.2) is 0 Å². The summed E-state index contributed by atoms with van der Waals surface area (Å²) in [5.74, 6) is -0.141. The molecule has 0 radical (unpaired) electrons. The molecule has 0 aliphatic heterocycles. The highest BCUT2D eigenvalue weighted by Gasteiger charge is 2.06. The lowest BCUT2D eigenvalue weighted by Crippen LogP contribution is -2.27. The predicted octanol–water partition coefficient (Wildman–Crippen LogP) is -0.279. The molecule has 0 fully saturated rings. The average Bonchev–Trinajstić information content (AvgIpc) is 2.26. The van der Waals surface area contributed by atoms with Crippen molar-refractivity contribution in [3.63, 3.8) is 0 Å². The zero-order chi connectivity index (χ0) is 11.5. The van der Waals surface area contributed by atoms with E-state index in [0.29, 0.717) is 25.4 Å². The van der Waals surface area contributed by atoms with Gasteiger partial charge in [-0.05, 0) is 6.42 Å². The van der Waals surface area contributed by atoms with E-state index < -0.39 is 5.91 Å². The summed E-state index contributed by atoms with van der Waals surface area (Å²) in [7, 11) is 0. The van der Waals surface area contributed by atoms with Crippen LogP contribution in [-0.2, 0) is 4.79 Å². The van der Waals surface area contributed by atoms with Crippen molar-refractivity contribution in [1.29, 1.82) is 5.26 Å². The number of rotatable bonds is 7. The van der Waals surface area contributed by atoms with E-state index in [1.165, 1.54) is 6.20 Å². The van der Waals surface area contributed by atoms with Gasteiger partial charge in [0.05, 0.1) is 0 Å². The topological polar surface area (TPSA) is 85.2 Å². The summed E-state index contributed by atoms with van der Waals surface area (Å²) < 4.78 is 0. The number of carbonyl (C=O) groups excluding carboxylic acids is 1. The Kier molecular flexibility index (Phi) is 8.53. The van der Waals surface area contributed by atoms with Gasteiger partial charge in [0, 0.05) is 31.8 Å². The maximum Gasteiger partial charge on any atom is 0.263 e. The summed E-state index contributed by atoms with van der Waals surface area (Å²) in [6.07, 6.45) is 1.90. The molecule has 0 aliphatic carbocycles. The van der Waals surface area contributed by atoms with Crippen molar-refractivity contribution in [2.45, 2.75) is 6.42 Å². The lowest BCUT2D eigenvalue weighted by molar-refractivity contribution is -0.117. The Morgan fingerprint density at radius 1 is 1.53 bits per heavy atom. The third-order valence-electron chi connectivity index (χ3n) is 1.47. The summed E-state index contributed by atoms with van der Waals surface area (Å²) in [4.78, 5) is 11.2. The standard InChI is InChI=1S/C9H14ClN3O2/c10-2-4-13-9(15)8(6-11)7-12-3-1-5-14/h7,12,14H,1-5H2,(H,13,15)/b8-7-. The molecule has 0 aromatic heterocycles. The molecule has 1 amide bonds. The largest absolute Gasteiger partial charge is 0.396 e. The van der Waals surface area contributed by atoms with Crippen LogP contribution in [0.1, 0.15) is 6.42 Å². The smallest absolute Gasteiger partial charge is 0.263 e. The van der Waals surface area contributed by atoms with Gasteiger partial charge in [0.25, 0.3) is 5.91 Å². The molecule has 0 rings (SSSR count). The van der Waals surface area contributed by atoms with Crippen molar-refractivity contribution in [2.24, 2.45) is 0 Å². The number of nitrogens with zero attached hydrogens (tertiary/aromatic N) is 1. The molecule has 0 bridgehead atoms. The Morgan fingerprint density at radius 2 is 2.27 bits per heavy atom. The van der Waals surface area contributed by atoms with E-state index in [0.717, 1.165) is 0 Å². The van der Waals surface area contributed by atoms with Gasteiger partial charge in [-0.2, -0.15) is 5.26 Å². The number of aliphatic hydroxyl groups excluding tert-OH is 1. The highest BCUT2D eigenvalue weighted by Crippen LogP contribution is 1.90. The number of aliphatic hydroxyl groups is 1.